The zero-order valence-electron chi connectivity index (χ0n) is 17.6. The molecule has 0 saturated carbocycles. The van der Waals surface area contributed by atoms with E-state index in [1.54, 1.807) is 7.11 Å². The molecule has 2 heterocycles. The predicted molar refractivity (Wildman–Crippen MR) is 122 cm³/mol. The zero-order valence-corrected chi connectivity index (χ0v) is 18.5. The summed E-state index contributed by atoms with van der Waals surface area (Å²) in [5, 5.41) is 0. The summed E-state index contributed by atoms with van der Waals surface area (Å²) in [7, 11) is 1.61. The van der Waals surface area contributed by atoms with Crippen LogP contribution < -0.4 is 15.0 Å². The molecule has 160 valence electrons. The SMILES string of the molecule is COc1ccc(Cn2c(=S)[nH]c(=O)c3[nH]c(C(C)C)nc32)cc1OCc1ccccc1. The maximum atomic E-state index is 12.4. The smallest absolute Gasteiger partial charge is 0.277 e. The van der Waals surface area contributed by atoms with Gasteiger partial charge in [0.15, 0.2) is 21.9 Å². The Morgan fingerprint density at radius 1 is 1.06 bits per heavy atom. The molecule has 0 spiro atoms. The Kier molecular flexibility index (Phi) is 5.90. The number of aromatic amines is 2. The van der Waals surface area contributed by atoms with E-state index < -0.39 is 0 Å². The molecule has 0 atom stereocenters. The van der Waals surface area contributed by atoms with E-state index in [0.717, 1.165) is 17.0 Å². The molecule has 2 aromatic carbocycles. The average Bonchev–Trinajstić information content (AvgIpc) is 3.22. The average molecular weight is 437 g/mol. The number of hydrogen-bond donors (Lipinski definition) is 2. The summed E-state index contributed by atoms with van der Waals surface area (Å²) in [6.45, 7) is 4.90. The summed E-state index contributed by atoms with van der Waals surface area (Å²) in [4.78, 5) is 22.8. The van der Waals surface area contributed by atoms with Crippen LogP contribution in [0.15, 0.2) is 53.3 Å². The van der Waals surface area contributed by atoms with Gasteiger partial charge in [-0.25, -0.2) is 4.98 Å². The van der Waals surface area contributed by atoms with Crippen molar-refractivity contribution in [3.8, 4) is 11.5 Å². The quantitative estimate of drug-likeness (QED) is 0.416. The second-order valence-corrected chi connectivity index (χ2v) is 7.97. The molecular formula is C23H24N4O3S. The fourth-order valence-corrected chi connectivity index (χ4v) is 3.57. The van der Waals surface area contributed by atoms with Crippen molar-refractivity contribution >= 4 is 23.4 Å². The zero-order chi connectivity index (χ0) is 22.0. The summed E-state index contributed by atoms with van der Waals surface area (Å²) >= 11 is 5.44. The highest BCUT2D eigenvalue weighted by atomic mass is 32.1. The fraction of sp³-hybridized carbons (Fsp3) is 0.261. The van der Waals surface area contributed by atoms with Gasteiger partial charge in [-0.15, -0.1) is 0 Å². The van der Waals surface area contributed by atoms with Gasteiger partial charge in [0.25, 0.3) is 5.56 Å². The maximum Gasteiger partial charge on any atom is 0.277 e. The second kappa shape index (κ2) is 8.77. The van der Waals surface area contributed by atoms with Crippen molar-refractivity contribution in [3.63, 3.8) is 0 Å². The van der Waals surface area contributed by atoms with E-state index in [4.69, 9.17) is 21.7 Å². The van der Waals surface area contributed by atoms with Crippen molar-refractivity contribution in [1.29, 1.82) is 0 Å². The molecule has 0 amide bonds. The number of fused-ring (bicyclic) bond motifs is 1. The number of benzene rings is 2. The molecule has 4 aromatic rings. The first kappa shape index (κ1) is 20.9. The normalized spacial score (nSPS) is 11.2. The van der Waals surface area contributed by atoms with Crippen molar-refractivity contribution in [2.24, 2.45) is 0 Å². The van der Waals surface area contributed by atoms with Crippen LogP contribution >= 0.6 is 12.2 Å². The van der Waals surface area contributed by atoms with Gasteiger partial charge in [-0.3, -0.25) is 14.3 Å². The highest BCUT2D eigenvalue weighted by molar-refractivity contribution is 7.71. The van der Waals surface area contributed by atoms with Crippen LogP contribution in [-0.4, -0.2) is 26.6 Å². The van der Waals surface area contributed by atoms with E-state index in [2.05, 4.69) is 15.0 Å². The number of hydrogen-bond acceptors (Lipinski definition) is 5. The molecule has 0 aliphatic carbocycles. The third-order valence-electron chi connectivity index (χ3n) is 5.00. The number of nitrogens with zero attached hydrogens (tertiary/aromatic N) is 2. The van der Waals surface area contributed by atoms with Crippen LogP contribution in [0.4, 0.5) is 0 Å². The first-order valence-electron chi connectivity index (χ1n) is 10.0. The molecule has 0 fully saturated rings. The van der Waals surface area contributed by atoms with Gasteiger partial charge in [-0.05, 0) is 35.5 Å². The molecule has 0 bridgehead atoms. The highest BCUT2D eigenvalue weighted by Crippen LogP contribution is 2.29. The van der Waals surface area contributed by atoms with Gasteiger partial charge in [0, 0.05) is 5.92 Å². The van der Waals surface area contributed by atoms with E-state index in [-0.39, 0.29) is 11.5 Å². The minimum atomic E-state index is -0.266. The summed E-state index contributed by atoms with van der Waals surface area (Å²) < 4.78 is 13.6. The molecule has 8 heteroatoms. The van der Waals surface area contributed by atoms with E-state index in [1.807, 2.05) is 66.9 Å². The van der Waals surface area contributed by atoms with Crippen LogP contribution in [-0.2, 0) is 13.2 Å². The van der Waals surface area contributed by atoms with E-state index >= 15 is 0 Å². The predicted octanol–water partition coefficient (Wildman–Crippen LogP) is 4.54. The summed E-state index contributed by atoms with van der Waals surface area (Å²) in [6, 6.07) is 15.7. The lowest BCUT2D eigenvalue weighted by atomic mass is 10.2. The van der Waals surface area contributed by atoms with Gasteiger partial charge in [0.2, 0.25) is 0 Å². The van der Waals surface area contributed by atoms with Gasteiger partial charge in [0.1, 0.15) is 17.9 Å². The lowest BCUT2D eigenvalue weighted by Gasteiger charge is -2.14. The van der Waals surface area contributed by atoms with Crippen molar-refractivity contribution < 1.29 is 9.47 Å². The van der Waals surface area contributed by atoms with Crippen LogP contribution in [0.1, 0.15) is 36.7 Å². The third kappa shape index (κ3) is 4.39. The molecule has 0 aliphatic rings. The van der Waals surface area contributed by atoms with Gasteiger partial charge in [-0.1, -0.05) is 50.2 Å². The van der Waals surface area contributed by atoms with Crippen molar-refractivity contribution in [2.75, 3.05) is 7.11 Å². The number of aromatic nitrogens is 4. The Hall–Kier alpha value is -3.39. The second-order valence-electron chi connectivity index (χ2n) is 7.58. The standard InChI is InChI=1S/C23H24N4O3S/c1-14(2)20-24-19-21(25-20)27(23(31)26-22(19)28)12-16-9-10-17(29-3)18(11-16)30-13-15-7-5-4-6-8-15/h4-11,14H,12-13H2,1-3H3,(H,24,25)(H,26,28,31). The fourth-order valence-electron chi connectivity index (χ4n) is 3.33. The molecule has 7 nitrogen and oxygen atoms in total. The van der Waals surface area contributed by atoms with E-state index in [0.29, 0.717) is 40.6 Å². The Bertz CT molecular complexity index is 1320. The Morgan fingerprint density at radius 3 is 2.55 bits per heavy atom. The Morgan fingerprint density at radius 2 is 1.84 bits per heavy atom. The minimum absolute atomic E-state index is 0.160. The number of ether oxygens (including phenoxy) is 2. The molecular weight excluding hydrogens is 412 g/mol. The number of methoxy groups -OCH3 is 1. The number of rotatable bonds is 7. The summed E-state index contributed by atoms with van der Waals surface area (Å²) in [5.74, 6) is 2.20. The molecule has 0 saturated heterocycles. The van der Waals surface area contributed by atoms with Gasteiger partial charge >= 0.3 is 0 Å². The Labute approximate surface area is 184 Å². The van der Waals surface area contributed by atoms with Crippen molar-refractivity contribution in [3.05, 3.63) is 80.6 Å². The monoisotopic (exact) mass is 436 g/mol. The van der Waals surface area contributed by atoms with E-state index in [1.165, 1.54) is 0 Å². The largest absolute Gasteiger partial charge is 0.493 e. The molecule has 0 unspecified atom stereocenters. The molecule has 0 radical (unpaired) electrons. The van der Waals surface area contributed by atoms with Crippen LogP contribution in [0.3, 0.4) is 0 Å². The molecule has 31 heavy (non-hydrogen) atoms. The topological polar surface area (TPSA) is 84.9 Å². The molecule has 4 rings (SSSR count). The third-order valence-corrected chi connectivity index (χ3v) is 5.33. The number of imidazole rings is 1. The van der Waals surface area contributed by atoms with Crippen molar-refractivity contribution in [1.82, 2.24) is 19.5 Å². The van der Waals surface area contributed by atoms with Gasteiger partial charge in [-0.2, -0.15) is 0 Å². The van der Waals surface area contributed by atoms with Crippen LogP contribution in [0.25, 0.3) is 11.2 Å². The maximum absolute atomic E-state index is 12.4. The summed E-state index contributed by atoms with van der Waals surface area (Å²) in [6.07, 6.45) is 0. The lowest BCUT2D eigenvalue weighted by Crippen LogP contribution is -2.15. The van der Waals surface area contributed by atoms with Gasteiger partial charge in [0.05, 0.1) is 13.7 Å². The first-order chi connectivity index (χ1) is 15.0. The van der Waals surface area contributed by atoms with Gasteiger partial charge < -0.3 is 14.5 Å². The minimum Gasteiger partial charge on any atom is -0.493 e. The van der Waals surface area contributed by atoms with E-state index in [9.17, 15) is 4.79 Å². The summed E-state index contributed by atoms with van der Waals surface area (Å²) in [5.41, 5.74) is 2.71. The lowest BCUT2D eigenvalue weighted by molar-refractivity contribution is 0.284. The first-order valence-corrected chi connectivity index (χ1v) is 10.4. The Balaban J connectivity index is 1.69. The van der Waals surface area contributed by atoms with Crippen LogP contribution in [0.2, 0.25) is 0 Å². The number of nitrogens with one attached hydrogen (secondary N) is 2. The van der Waals surface area contributed by atoms with Crippen LogP contribution in [0.5, 0.6) is 11.5 Å². The highest BCUT2D eigenvalue weighted by Gasteiger charge is 2.15. The number of H-pyrrole nitrogens is 2. The van der Waals surface area contributed by atoms with Crippen molar-refractivity contribution in [2.45, 2.75) is 32.9 Å². The molecule has 2 N–H and O–H groups in total. The molecule has 2 aromatic heterocycles. The molecule has 0 aliphatic heterocycles. The van der Waals surface area contributed by atoms with Crippen LogP contribution in [0, 0.1) is 4.77 Å².